The lowest BCUT2D eigenvalue weighted by atomic mass is 9.97. The first kappa shape index (κ1) is 26.0. The van der Waals surface area contributed by atoms with Gasteiger partial charge in [0.2, 0.25) is 5.91 Å². The second-order valence-electron chi connectivity index (χ2n) is 9.72. The summed E-state index contributed by atoms with van der Waals surface area (Å²) in [5.74, 6) is 7.40. The van der Waals surface area contributed by atoms with Crippen LogP contribution < -0.4 is 20.4 Å². The molecule has 9 nitrogen and oxygen atoms in total. The van der Waals surface area contributed by atoms with Crippen molar-refractivity contribution >= 4 is 34.6 Å². The van der Waals surface area contributed by atoms with Crippen LogP contribution in [0.4, 0.5) is 10.2 Å². The molecule has 3 unspecified atom stereocenters. The van der Waals surface area contributed by atoms with Crippen molar-refractivity contribution in [3.8, 4) is 28.7 Å². The van der Waals surface area contributed by atoms with Gasteiger partial charge in [-0.15, -0.1) is 0 Å². The van der Waals surface area contributed by atoms with Crippen molar-refractivity contribution in [1.82, 2.24) is 20.7 Å². The number of pyridine rings is 2. The highest BCUT2D eigenvalue weighted by atomic mass is 32.2. The topological polar surface area (TPSA) is 109 Å². The second kappa shape index (κ2) is 11.0. The number of halogens is 1. The van der Waals surface area contributed by atoms with Gasteiger partial charge in [-0.1, -0.05) is 18.8 Å². The number of aromatic nitrogens is 2. The number of ether oxygens (including phenoxy) is 1. The number of piperidine rings is 1. The molecule has 3 aliphatic rings. The number of hydrogen-bond acceptors (Lipinski definition) is 8. The van der Waals surface area contributed by atoms with E-state index in [1.165, 1.54) is 38.2 Å². The Labute approximate surface area is 225 Å². The van der Waals surface area contributed by atoms with Crippen molar-refractivity contribution < 1.29 is 18.7 Å². The number of alkyl halides is 1. The number of hydrazone groups is 1. The summed E-state index contributed by atoms with van der Waals surface area (Å²) in [6.07, 6.45) is 5.07. The normalized spacial score (nSPS) is 21.6. The molecule has 1 aliphatic carbocycles. The van der Waals surface area contributed by atoms with Gasteiger partial charge in [0.25, 0.3) is 5.91 Å². The lowest BCUT2D eigenvalue weighted by molar-refractivity contribution is -0.120. The van der Waals surface area contributed by atoms with Crippen LogP contribution in [0.25, 0.3) is 11.1 Å². The SMILES string of the molecule is COc1cnc(C(C)F)cc1-c1cc(N2CCC(C)CC2=O)ncc1C(=O)NC1=NNC(C#CC2CC2)S1. The quantitative estimate of drug-likeness (QED) is 0.556. The number of thioether (sulfide) groups is 1. The van der Waals surface area contributed by atoms with Gasteiger partial charge in [-0.25, -0.2) is 9.37 Å². The summed E-state index contributed by atoms with van der Waals surface area (Å²) in [6.45, 7) is 3.97. The van der Waals surface area contributed by atoms with Crippen molar-refractivity contribution in [3.63, 3.8) is 0 Å². The molecule has 2 aromatic rings. The van der Waals surface area contributed by atoms with Gasteiger partial charge in [0.1, 0.15) is 17.7 Å². The minimum atomic E-state index is -1.33. The lowest BCUT2D eigenvalue weighted by Gasteiger charge is -2.29. The highest BCUT2D eigenvalue weighted by molar-refractivity contribution is 8.14. The van der Waals surface area contributed by atoms with Crippen LogP contribution in [0.5, 0.6) is 5.75 Å². The van der Waals surface area contributed by atoms with Crippen molar-refractivity contribution in [3.05, 3.63) is 35.8 Å². The number of carbonyl (C=O) groups is 2. The predicted molar refractivity (Wildman–Crippen MR) is 144 cm³/mol. The minimum Gasteiger partial charge on any atom is -0.494 e. The number of hydrogen-bond donors (Lipinski definition) is 2. The molecule has 1 saturated heterocycles. The minimum absolute atomic E-state index is 0.0275. The van der Waals surface area contributed by atoms with E-state index in [4.69, 9.17) is 4.74 Å². The number of amidine groups is 1. The Morgan fingerprint density at radius 3 is 2.76 bits per heavy atom. The molecule has 1 saturated carbocycles. The van der Waals surface area contributed by atoms with Gasteiger partial charge in [0, 0.05) is 36.2 Å². The van der Waals surface area contributed by atoms with Gasteiger partial charge in [-0.3, -0.25) is 30.2 Å². The van der Waals surface area contributed by atoms with Crippen LogP contribution in [0.3, 0.4) is 0 Å². The van der Waals surface area contributed by atoms with Gasteiger partial charge in [-0.05, 0) is 56.0 Å². The van der Waals surface area contributed by atoms with Gasteiger partial charge >= 0.3 is 0 Å². The molecule has 5 rings (SSSR count). The molecule has 0 radical (unpaired) electrons. The second-order valence-corrected chi connectivity index (χ2v) is 10.8. The molecule has 38 heavy (non-hydrogen) atoms. The summed E-state index contributed by atoms with van der Waals surface area (Å²) in [5.41, 5.74) is 4.27. The summed E-state index contributed by atoms with van der Waals surface area (Å²) in [5, 5.41) is 7.18. The smallest absolute Gasteiger partial charge is 0.259 e. The zero-order valence-electron chi connectivity index (χ0n) is 21.5. The number of carbonyl (C=O) groups excluding carboxylic acids is 2. The Morgan fingerprint density at radius 1 is 1.24 bits per heavy atom. The Hall–Kier alpha value is -3.65. The maximum absolute atomic E-state index is 14.2. The third kappa shape index (κ3) is 5.75. The molecule has 0 bridgehead atoms. The number of nitrogens with zero attached hydrogens (tertiary/aromatic N) is 4. The Kier molecular flexibility index (Phi) is 7.51. The van der Waals surface area contributed by atoms with Gasteiger partial charge < -0.3 is 4.74 Å². The lowest BCUT2D eigenvalue weighted by Crippen LogP contribution is -2.38. The van der Waals surface area contributed by atoms with Gasteiger partial charge in [0.15, 0.2) is 10.5 Å². The fraction of sp³-hybridized carbons (Fsp3) is 0.444. The molecule has 2 aromatic heterocycles. The first-order chi connectivity index (χ1) is 18.3. The van der Waals surface area contributed by atoms with E-state index in [1.54, 1.807) is 17.0 Å². The molecule has 3 atom stereocenters. The molecule has 4 heterocycles. The van der Waals surface area contributed by atoms with Crippen molar-refractivity contribution in [2.24, 2.45) is 16.9 Å². The molecule has 11 heteroatoms. The average Bonchev–Trinajstić information content (AvgIpc) is 3.64. The fourth-order valence-electron chi connectivity index (χ4n) is 4.26. The number of nitrogens with one attached hydrogen (secondary N) is 2. The first-order valence-corrected chi connectivity index (χ1v) is 13.5. The van der Waals surface area contributed by atoms with Crippen LogP contribution >= 0.6 is 11.8 Å². The van der Waals surface area contributed by atoms with E-state index in [1.807, 2.05) is 6.92 Å². The standard InChI is InChI=1S/C27H29FN6O3S/c1-15-8-9-34(25(35)10-15)23-12-18(19-11-21(16(2)28)29-14-22(19)37-3)20(13-30-23)26(36)31-27-33-32-24(38-27)7-6-17-4-5-17/h11-17,24,32H,4-5,8-10H2,1-3H3,(H,31,33,36). The molecular weight excluding hydrogens is 507 g/mol. The highest BCUT2D eigenvalue weighted by Crippen LogP contribution is 2.36. The van der Waals surface area contributed by atoms with E-state index in [0.29, 0.717) is 52.7 Å². The molecule has 0 aromatic carbocycles. The van der Waals surface area contributed by atoms with E-state index >= 15 is 0 Å². The number of anilines is 1. The third-order valence-electron chi connectivity index (χ3n) is 6.62. The fourth-order valence-corrected chi connectivity index (χ4v) is 4.97. The average molecular weight is 537 g/mol. The van der Waals surface area contributed by atoms with E-state index in [0.717, 1.165) is 19.3 Å². The summed E-state index contributed by atoms with van der Waals surface area (Å²) in [7, 11) is 1.48. The first-order valence-electron chi connectivity index (χ1n) is 12.6. The van der Waals surface area contributed by atoms with Crippen LogP contribution in [0.1, 0.15) is 61.8 Å². The molecule has 2 aliphatic heterocycles. The van der Waals surface area contributed by atoms with Crippen LogP contribution in [-0.4, -0.2) is 46.0 Å². The maximum Gasteiger partial charge on any atom is 0.259 e. The molecular formula is C27H29FN6O3S. The van der Waals surface area contributed by atoms with Crippen molar-refractivity contribution in [2.75, 3.05) is 18.6 Å². The monoisotopic (exact) mass is 536 g/mol. The molecule has 198 valence electrons. The molecule has 2 fully saturated rings. The zero-order valence-corrected chi connectivity index (χ0v) is 22.3. The largest absolute Gasteiger partial charge is 0.494 e. The Balaban J connectivity index is 1.48. The van der Waals surface area contributed by atoms with Crippen molar-refractivity contribution in [1.29, 1.82) is 0 Å². The van der Waals surface area contributed by atoms with E-state index < -0.39 is 12.1 Å². The van der Waals surface area contributed by atoms with E-state index in [2.05, 4.69) is 37.7 Å². The number of methoxy groups -OCH3 is 1. The highest BCUT2D eigenvalue weighted by Gasteiger charge is 2.28. The van der Waals surface area contributed by atoms with Crippen molar-refractivity contribution in [2.45, 2.75) is 51.1 Å². The molecule has 2 N–H and O–H groups in total. The Bertz CT molecular complexity index is 1350. The van der Waals surface area contributed by atoms with Crippen LogP contribution in [0.15, 0.2) is 29.6 Å². The summed E-state index contributed by atoms with van der Waals surface area (Å²) >= 11 is 1.32. The summed E-state index contributed by atoms with van der Waals surface area (Å²) in [6, 6.07) is 3.24. The van der Waals surface area contributed by atoms with E-state index in [9.17, 15) is 14.0 Å². The zero-order chi connectivity index (χ0) is 26.8. The number of rotatable bonds is 5. The van der Waals surface area contributed by atoms with Crippen LogP contribution in [0.2, 0.25) is 0 Å². The summed E-state index contributed by atoms with van der Waals surface area (Å²) < 4.78 is 19.7. The summed E-state index contributed by atoms with van der Waals surface area (Å²) in [4.78, 5) is 36.5. The third-order valence-corrected chi connectivity index (χ3v) is 7.49. The molecule has 0 spiro atoms. The maximum atomic E-state index is 14.2. The Morgan fingerprint density at radius 2 is 2.05 bits per heavy atom. The predicted octanol–water partition coefficient (Wildman–Crippen LogP) is 4.02. The number of amides is 2. The van der Waals surface area contributed by atoms with Gasteiger partial charge in [-0.2, -0.15) is 5.10 Å². The van der Waals surface area contributed by atoms with Gasteiger partial charge in [0.05, 0.1) is 24.6 Å². The van der Waals surface area contributed by atoms with E-state index in [-0.39, 0.29) is 22.5 Å². The van der Waals surface area contributed by atoms with Crippen LogP contribution in [0, 0.1) is 23.7 Å². The van der Waals surface area contributed by atoms with Crippen LogP contribution in [-0.2, 0) is 4.79 Å². The molecule has 2 amide bonds.